The lowest BCUT2D eigenvalue weighted by atomic mass is 10.0. The summed E-state index contributed by atoms with van der Waals surface area (Å²) in [5.74, 6) is 0. The van der Waals surface area contributed by atoms with Crippen molar-refractivity contribution in [2.45, 2.75) is 30.3 Å². The third-order valence-corrected chi connectivity index (χ3v) is 2.91. The van der Waals surface area contributed by atoms with Crippen LogP contribution in [-0.2, 0) is 0 Å². The summed E-state index contributed by atoms with van der Waals surface area (Å²) in [5, 5.41) is 0. The second kappa shape index (κ2) is 5.39. The van der Waals surface area contributed by atoms with Crippen molar-refractivity contribution in [3.63, 3.8) is 0 Å². The highest BCUT2D eigenvalue weighted by molar-refractivity contribution is 7.98. The van der Waals surface area contributed by atoms with Crippen LogP contribution in [0.2, 0.25) is 0 Å². The molecule has 2 unspecified atom stereocenters. The molecule has 78 valence electrons. The summed E-state index contributed by atoms with van der Waals surface area (Å²) in [4.78, 5) is 1.27. The number of hydrogen-bond donors (Lipinski definition) is 2. The van der Waals surface area contributed by atoms with Gasteiger partial charge in [-0.15, -0.1) is 11.8 Å². The van der Waals surface area contributed by atoms with Gasteiger partial charge in [0.1, 0.15) is 0 Å². The zero-order valence-electron chi connectivity index (χ0n) is 8.73. The SMILES string of the molecule is CSc1ccc(C(N)CC(C)N)cc1. The third kappa shape index (κ3) is 3.33. The molecule has 0 aromatic heterocycles. The topological polar surface area (TPSA) is 52.0 Å². The highest BCUT2D eigenvalue weighted by Crippen LogP contribution is 2.19. The van der Waals surface area contributed by atoms with Gasteiger partial charge in [-0.3, -0.25) is 0 Å². The Hall–Kier alpha value is -0.510. The molecule has 2 nitrogen and oxygen atoms in total. The molecule has 1 aromatic rings. The van der Waals surface area contributed by atoms with Crippen LogP contribution in [0.1, 0.15) is 24.9 Å². The van der Waals surface area contributed by atoms with E-state index >= 15 is 0 Å². The molecule has 14 heavy (non-hydrogen) atoms. The average Bonchev–Trinajstić information content (AvgIpc) is 2.17. The normalized spacial score (nSPS) is 15.1. The van der Waals surface area contributed by atoms with E-state index in [0.717, 1.165) is 6.42 Å². The van der Waals surface area contributed by atoms with Crippen LogP contribution in [0, 0.1) is 0 Å². The fourth-order valence-electron chi connectivity index (χ4n) is 1.39. The van der Waals surface area contributed by atoms with E-state index < -0.39 is 0 Å². The summed E-state index contributed by atoms with van der Waals surface area (Å²) >= 11 is 1.74. The van der Waals surface area contributed by atoms with E-state index in [4.69, 9.17) is 11.5 Å². The summed E-state index contributed by atoms with van der Waals surface area (Å²) in [5.41, 5.74) is 12.9. The van der Waals surface area contributed by atoms with Gasteiger partial charge in [0.2, 0.25) is 0 Å². The molecular formula is C11H18N2S. The van der Waals surface area contributed by atoms with Gasteiger partial charge in [-0.25, -0.2) is 0 Å². The molecule has 0 bridgehead atoms. The Morgan fingerprint density at radius 1 is 1.21 bits per heavy atom. The maximum Gasteiger partial charge on any atom is 0.0309 e. The molecule has 0 saturated carbocycles. The van der Waals surface area contributed by atoms with Crippen LogP contribution in [-0.4, -0.2) is 12.3 Å². The molecule has 0 aliphatic carbocycles. The summed E-state index contributed by atoms with van der Waals surface area (Å²) in [6.45, 7) is 1.98. The van der Waals surface area contributed by atoms with E-state index in [2.05, 4.69) is 30.5 Å². The van der Waals surface area contributed by atoms with Crippen molar-refractivity contribution >= 4 is 11.8 Å². The molecule has 0 saturated heterocycles. The molecule has 0 aliphatic heterocycles. The van der Waals surface area contributed by atoms with Crippen LogP contribution < -0.4 is 11.5 Å². The second-order valence-corrected chi connectivity index (χ2v) is 4.47. The van der Waals surface area contributed by atoms with Crippen LogP contribution in [0.25, 0.3) is 0 Å². The predicted octanol–water partition coefficient (Wildman–Crippen LogP) is 2.15. The van der Waals surface area contributed by atoms with Crippen LogP contribution in [0.4, 0.5) is 0 Å². The van der Waals surface area contributed by atoms with Crippen molar-refractivity contribution in [2.24, 2.45) is 11.5 Å². The monoisotopic (exact) mass is 210 g/mol. The van der Waals surface area contributed by atoms with E-state index in [0.29, 0.717) is 0 Å². The lowest BCUT2D eigenvalue weighted by Gasteiger charge is -2.14. The summed E-state index contributed by atoms with van der Waals surface area (Å²) in [7, 11) is 0. The van der Waals surface area contributed by atoms with Crippen molar-refractivity contribution in [1.82, 2.24) is 0 Å². The highest BCUT2D eigenvalue weighted by atomic mass is 32.2. The van der Waals surface area contributed by atoms with Crippen LogP contribution in [0.3, 0.4) is 0 Å². The number of thioether (sulfide) groups is 1. The van der Waals surface area contributed by atoms with E-state index in [-0.39, 0.29) is 12.1 Å². The Kier molecular flexibility index (Phi) is 4.45. The Bertz CT molecular complexity index is 269. The van der Waals surface area contributed by atoms with Gasteiger partial charge >= 0.3 is 0 Å². The molecule has 0 fully saturated rings. The predicted molar refractivity (Wildman–Crippen MR) is 63.4 cm³/mol. The molecule has 2 atom stereocenters. The molecule has 0 radical (unpaired) electrons. The van der Waals surface area contributed by atoms with Gasteiger partial charge in [0, 0.05) is 17.0 Å². The Balaban J connectivity index is 2.66. The van der Waals surface area contributed by atoms with E-state index in [9.17, 15) is 0 Å². The molecule has 3 heteroatoms. The number of rotatable bonds is 4. The lowest BCUT2D eigenvalue weighted by Crippen LogP contribution is -2.23. The smallest absolute Gasteiger partial charge is 0.0309 e. The molecule has 0 heterocycles. The first-order chi connectivity index (χ1) is 6.63. The van der Waals surface area contributed by atoms with E-state index in [1.807, 2.05) is 6.92 Å². The Morgan fingerprint density at radius 3 is 2.21 bits per heavy atom. The standard InChI is InChI=1S/C11H18N2S/c1-8(12)7-11(13)9-3-5-10(14-2)6-4-9/h3-6,8,11H,7,12-13H2,1-2H3. The van der Waals surface area contributed by atoms with E-state index in [1.54, 1.807) is 11.8 Å². The molecule has 1 aromatic carbocycles. The van der Waals surface area contributed by atoms with Crippen LogP contribution >= 0.6 is 11.8 Å². The first-order valence-electron chi connectivity index (χ1n) is 4.78. The largest absolute Gasteiger partial charge is 0.328 e. The quantitative estimate of drug-likeness (QED) is 0.749. The van der Waals surface area contributed by atoms with Gasteiger partial charge in [-0.1, -0.05) is 12.1 Å². The van der Waals surface area contributed by atoms with Crippen molar-refractivity contribution in [1.29, 1.82) is 0 Å². The van der Waals surface area contributed by atoms with Crippen molar-refractivity contribution in [2.75, 3.05) is 6.26 Å². The van der Waals surface area contributed by atoms with Gasteiger partial charge in [-0.05, 0) is 37.3 Å². The molecule has 0 aliphatic rings. The van der Waals surface area contributed by atoms with Crippen LogP contribution in [0.5, 0.6) is 0 Å². The minimum Gasteiger partial charge on any atom is -0.328 e. The maximum atomic E-state index is 6.00. The molecule has 0 amide bonds. The third-order valence-electron chi connectivity index (χ3n) is 2.17. The summed E-state index contributed by atoms with van der Waals surface area (Å²) in [6.07, 6.45) is 2.90. The van der Waals surface area contributed by atoms with Crippen molar-refractivity contribution in [3.05, 3.63) is 29.8 Å². The van der Waals surface area contributed by atoms with Crippen molar-refractivity contribution < 1.29 is 0 Å². The maximum absolute atomic E-state index is 6.00. The minimum absolute atomic E-state index is 0.0610. The van der Waals surface area contributed by atoms with Crippen molar-refractivity contribution in [3.8, 4) is 0 Å². The zero-order valence-corrected chi connectivity index (χ0v) is 9.55. The first-order valence-corrected chi connectivity index (χ1v) is 6.01. The molecule has 1 rings (SSSR count). The lowest BCUT2D eigenvalue weighted by molar-refractivity contribution is 0.568. The number of benzene rings is 1. The van der Waals surface area contributed by atoms with Gasteiger partial charge in [-0.2, -0.15) is 0 Å². The number of nitrogens with two attached hydrogens (primary N) is 2. The fraction of sp³-hybridized carbons (Fsp3) is 0.455. The molecule has 0 spiro atoms. The Labute approximate surface area is 90.1 Å². The summed E-state index contributed by atoms with van der Waals surface area (Å²) in [6, 6.07) is 8.58. The number of hydrogen-bond acceptors (Lipinski definition) is 3. The Morgan fingerprint density at radius 2 is 1.79 bits per heavy atom. The molecule has 4 N–H and O–H groups in total. The van der Waals surface area contributed by atoms with Gasteiger partial charge in [0.15, 0.2) is 0 Å². The summed E-state index contributed by atoms with van der Waals surface area (Å²) < 4.78 is 0. The van der Waals surface area contributed by atoms with Gasteiger partial charge < -0.3 is 11.5 Å². The van der Waals surface area contributed by atoms with Crippen LogP contribution in [0.15, 0.2) is 29.2 Å². The second-order valence-electron chi connectivity index (χ2n) is 3.59. The highest BCUT2D eigenvalue weighted by Gasteiger charge is 2.07. The molecular weight excluding hydrogens is 192 g/mol. The zero-order chi connectivity index (χ0) is 10.6. The minimum atomic E-state index is 0.0610. The van der Waals surface area contributed by atoms with E-state index in [1.165, 1.54) is 10.5 Å². The van der Waals surface area contributed by atoms with Gasteiger partial charge in [0.05, 0.1) is 0 Å². The first kappa shape index (κ1) is 11.6. The fourth-order valence-corrected chi connectivity index (χ4v) is 1.80. The average molecular weight is 210 g/mol. The van der Waals surface area contributed by atoms with Gasteiger partial charge in [0.25, 0.3) is 0 Å².